The molecule has 4 aliphatic rings. The largest absolute Gasteiger partial charge is 0.387 e. The average Bonchev–Trinajstić information content (AvgIpc) is 3.34. The van der Waals surface area contributed by atoms with Crippen LogP contribution in [0, 0.1) is 29.0 Å². The maximum atomic E-state index is 17.0. The highest BCUT2D eigenvalue weighted by molar-refractivity contribution is 6.43. The molecule has 7 atom stereocenters. The van der Waals surface area contributed by atoms with Crippen LogP contribution >= 0.6 is 23.2 Å². The minimum Gasteiger partial charge on any atom is -0.387 e. The van der Waals surface area contributed by atoms with Gasteiger partial charge in [-0.2, -0.15) is 5.26 Å². The van der Waals surface area contributed by atoms with Crippen molar-refractivity contribution in [3.8, 4) is 17.2 Å². The average molecular weight is 639 g/mol. The molecule has 44 heavy (non-hydrogen) atoms. The van der Waals surface area contributed by atoms with Crippen LogP contribution in [-0.2, 0) is 11.2 Å². The second-order valence-electron chi connectivity index (χ2n) is 12.6. The molecule has 4 heterocycles. The summed E-state index contributed by atoms with van der Waals surface area (Å²) in [6, 6.07) is 11.1. The van der Waals surface area contributed by atoms with Crippen LogP contribution in [0.25, 0.3) is 32.9 Å². The lowest BCUT2D eigenvalue weighted by molar-refractivity contribution is -0.124. The highest BCUT2D eigenvalue weighted by Gasteiger charge is 2.63. The summed E-state index contributed by atoms with van der Waals surface area (Å²) < 4.78 is 34.5. The summed E-state index contributed by atoms with van der Waals surface area (Å²) in [5.41, 5.74) is 6.38. The van der Waals surface area contributed by atoms with E-state index in [4.69, 9.17) is 33.9 Å². The predicted octanol–water partition coefficient (Wildman–Crippen LogP) is 6.66. The van der Waals surface area contributed by atoms with E-state index in [-0.39, 0.29) is 58.4 Å². The highest BCUT2D eigenvalue weighted by atomic mass is 35.5. The molecule has 0 spiro atoms. The number of rotatable bonds is 8. The van der Waals surface area contributed by atoms with Gasteiger partial charge in [-0.3, -0.25) is 4.79 Å². The fourth-order valence-electron chi connectivity index (χ4n) is 7.71. The van der Waals surface area contributed by atoms with Crippen LogP contribution < -0.4 is 11.1 Å². The van der Waals surface area contributed by atoms with Gasteiger partial charge in [-0.05, 0) is 55.9 Å². The minimum atomic E-state index is -2.08. The number of benzene rings is 2. The van der Waals surface area contributed by atoms with E-state index in [1.54, 1.807) is 25.1 Å². The van der Waals surface area contributed by atoms with Gasteiger partial charge in [0.15, 0.2) is 11.5 Å². The molecule has 4 N–H and O–H groups in total. The predicted molar refractivity (Wildman–Crippen MR) is 166 cm³/mol. The van der Waals surface area contributed by atoms with Crippen LogP contribution in [0.4, 0.5) is 8.78 Å². The number of alkyl halides is 1. The normalized spacial score (nSPS) is 26.9. The lowest BCUT2D eigenvalue weighted by Crippen LogP contribution is -2.40. The number of halogens is 4. The molecular weight excluding hydrogens is 607 g/mol. The third kappa shape index (κ3) is 4.18. The Morgan fingerprint density at radius 3 is 2.70 bits per heavy atom. The third-order valence-electron chi connectivity index (χ3n) is 10.1. The van der Waals surface area contributed by atoms with Crippen molar-refractivity contribution in [3.05, 3.63) is 63.1 Å². The van der Waals surface area contributed by atoms with Crippen LogP contribution in [0.5, 0.6) is 0 Å². The van der Waals surface area contributed by atoms with E-state index in [9.17, 15) is 15.2 Å². The number of aromatic nitrogens is 2. The number of amides is 1. The van der Waals surface area contributed by atoms with E-state index >= 15 is 8.78 Å². The Labute approximate surface area is 262 Å². The number of carbonyl (C=O) groups is 1. The van der Waals surface area contributed by atoms with Crippen LogP contribution in [-0.4, -0.2) is 38.8 Å². The van der Waals surface area contributed by atoms with Crippen molar-refractivity contribution >= 4 is 50.9 Å². The van der Waals surface area contributed by atoms with Crippen molar-refractivity contribution in [2.45, 2.75) is 69.3 Å². The molecule has 4 fully saturated rings. The van der Waals surface area contributed by atoms with Crippen molar-refractivity contribution in [1.82, 2.24) is 14.9 Å². The molecule has 3 unspecified atom stereocenters. The quantitative estimate of drug-likeness (QED) is 0.200. The molecule has 0 radical (unpaired) electrons. The lowest BCUT2D eigenvalue weighted by atomic mass is 9.79. The molecule has 2 saturated heterocycles. The summed E-state index contributed by atoms with van der Waals surface area (Å²) in [7, 11) is 0. The van der Waals surface area contributed by atoms with Gasteiger partial charge in [0.05, 0.1) is 39.5 Å². The molecule has 2 saturated carbocycles. The zero-order valence-electron chi connectivity index (χ0n) is 24.2. The van der Waals surface area contributed by atoms with Gasteiger partial charge in [0, 0.05) is 58.4 Å². The van der Waals surface area contributed by atoms with Gasteiger partial charge in [0.1, 0.15) is 5.52 Å². The van der Waals surface area contributed by atoms with Crippen molar-refractivity contribution in [2.24, 2.45) is 17.6 Å². The smallest absolute Gasteiger partial charge is 0.255 e. The molecule has 2 aliphatic heterocycles. The maximum Gasteiger partial charge on any atom is 0.255 e. The molecule has 4 aromatic rings. The first-order valence-electron chi connectivity index (χ1n) is 14.9. The Hall–Kier alpha value is -3.29. The maximum absolute atomic E-state index is 17.0. The fourth-order valence-corrected chi connectivity index (χ4v) is 8.10. The molecule has 2 aliphatic carbocycles. The van der Waals surface area contributed by atoms with E-state index in [1.807, 2.05) is 19.1 Å². The van der Waals surface area contributed by atoms with Crippen LogP contribution in [0.2, 0.25) is 10.0 Å². The van der Waals surface area contributed by atoms with Gasteiger partial charge in [-0.15, -0.1) is 0 Å². The monoisotopic (exact) mass is 637 g/mol. The third-order valence-corrected chi connectivity index (χ3v) is 10.9. The van der Waals surface area contributed by atoms with Crippen molar-refractivity contribution in [2.75, 3.05) is 6.54 Å². The van der Waals surface area contributed by atoms with E-state index in [0.29, 0.717) is 39.0 Å². The second-order valence-corrected chi connectivity index (χ2v) is 13.4. The van der Waals surface area contributed by atoms with Gasteiger partial charge in [0.2, 0.25) is 0 Å². The lowest BCUT2D eigenvalue weighted by Gasteiger charge is -2.38. The van der Waals surface area contributed by atoms with Crippen LogP contribution in [0.3, 0.4) is 0 Å². The summed E-state index contributed by atoms with van der Waals surface area (Å²) in [6.45, 7) is 4.30. The van der Waals surface area contributed by atoms with Crippen molar-refractivity contribution < 1.29 is 18.7 Å². The molecule has 228 valence electrons. The van der Waals surface area contributed by atoms with Gasteiger partial charge in [0.25, 0.3) is 5.91 Å². The SMILES string of the molecule is CC(O)c1nc2c(F)c(-c3cccc(Cl)c3Cl)c(CCC#N)cc2c2c1cc([C@H](C)C1CC1(F)C(N)=O)n2[C@H]1[C@H]2CN[C@@H]1C2. The highest BCUT2D eigenvalue weighted by Crippen LogP contribution is 2.57. The van der Waals surface area contributed by atoms with Gasteiger partial charge < -0.3 is 20.7 Å². The van der Waals surface area contributed by atoms with E-state index in [1.165, 1.54) is 0 Å². The number of pyridine rings is 1. The van der Waals surface area contributed by atoms with Crippen LogP contribution in [0.15, 0.2) is 30.3 Å². The van der Waals surface area contributed by atoms with E-state index in [2.05, 4.69) is 16.0 Å². The number of carbonyl (C=O) groups excluding carboxylic acids is 1. The number of nitrogens with one attached hydrogen (secondary N) is 1. The number of nitrogens with zero attached hydrogens (tertiary/aromatic N) is 3. The van der Waals surface area contributed by atoms with Crippen molar-refractivity contribution in [1.29, 1.82) is 5.26 Å². The zero-order chi connectivity index (χ0) is 31.2. The number of fused-ring (bicyclic) bond motifs is 4. The molecule has 8 rings (SSSR count). The summed E-state index contributed by atoms with van der Waals surface area (Å²) in [6.07, 6.45) is 0.388. The number of nitriles is 1. The first kappa shape index (κ1) is 29.4. The van der Waals surface area contributed by atoms with Gasteiger partial charge in [-0.1, -0.05) is 42.3 Å². The molecule has 7 nitrogen and oxygen atoms in total. The molecule has 11 heteroatoms. The summed E-state index contributed by atoms with van der Waals surface area (Å²) in [5.74, 6) is -2.25. The van der Waals surface area contributed by atoms with E-state index < -0.39 is 29.4 Å². The number of aliphatic hydroxyl groups excluding tert-OH is 1. The summed E-state index contributed by atoms with van der Waals surface area (Å²) >= 11 is 12.9. The Bertz CT molecular complexity index is 1910. The number of nitrogens with two attached hydrogens (primary N) is 1. The first-order chi connectivity index (χ1) is 21.0. The zero-order valence-corrected chi connectivity index (χ0v) is 25.7. The Morgan fingerprint density at radius 1 is 1.32 bits per heavy atom. The van der Waals surface area contributed by atoms with Gasteiger partial charge in [-0.25, -0.2) is 13.8 Å². The molecule has 2 bridgehead atoms. The summed E-state index contributed by atoms with van der Waals surface area (Å²) in [4.78, 5) is 16.7. The standard InChI is InChI=1S/C33H31Cl2F2N5O2/c1-14(21-12-33(21,37)32(39)44)24-11-20-28(15(2)43)41-29-19(31(20)42(24)30-17-10-23(30)40-13-17)9-16(5-4-8-38)25(27(29)36)18-6-3-7-22(34)26(18)35/h3,6-7,9,11,14-15,17,21,23,30,40,43H,4-5,10,12-13H2,1-2H3,(H2,39,44)/t14-,15?,17-,21?,23-,30+,33?/m1/s1. The molecular formula is C33H31Cl2F2N5O2. The topological polar surface area (TPSA) is 117 Å². The Kier molecular flexibility index (Phi) is 6.94. The molecule has 2 aromatic heterocycles. The van der Waals surface area contributed by atoms with E-state index in [0.717, 1.165) is 18.7 Å². The minimum absolute atomic E-state index is 0.0198. The first-order valence-corrected chi connectivity index (χ1v) is 15.6. The Balaban J connectivity index is 1.56. The fraction of sp³-hybridized carbons (Fsp3) is 0.424. The number of hydrogen-bond donors (Lipinski definition) is 3. The molecule has 2 aromatic carbocycles. The second kappa shape index (κ2) is 10.4. The Morgan fingerprint density at radius 2 is 2.09 bits per heavy atom. The van der Waals surface area contributed by atoms with Gasteiger partial charge >= 0.3 is 0 Å². The number of aliphatic hydroxyl groups is 1. The summed E-state index contributed by atoms with van der Waals surface area (Å²) in [5, 5.41) is 25.6. The van der Waals surface area contributed by atoms with Crippen LogP contribution in [0.1, 0.15) is 68.1 Å². The number of aryl methyl sites for hydroxylation is 1. The van der Waals surface area contributed by atoms with Crippen molar-refractivity contribution in [3.63, 3.8) is 0 Å². The number of primary amides is 1. The number of hydrogen-bond acceptors (Lipinski definition) is 5. The molecule has 1 amide bonds.